The van der Waals surface area contributed by atoms with E-state index in [1.54, 1.807) is 75.6 Å². The smallest absolute Gasteiger partial charge is 0.327 e. The van der Waals surface area contributed by atoms with Gasteiger partial charge in [-0.1, -0.05) is 45.0 Å². The average molecular weight is 567 g/mol. The van der Waals surface area contributed by atoms with Crippen LogP contribution in [0.2, 0.25) is 0 Å². The Morgan fingerprint density at radius 1 is 0.900 bits per heavy atom. The predicted molar refractivity (Wildman–Crippen MR) is 152 cm³/mol. The number of carbonyl (C=O) groups is 2. The lowest BCUT2D eigenvalue weighted by Gasteiger charge is -2.41. The third kappa shape index (κ3) is 6.23. The highest BCUT2D eigenvalue weighted by Crippen LogP contribution is 2.32. The fourth-order valence-corrected chi connectivity index (χ4v) is 6.12. The van der Waals surface area contributed by atoms with Crippen LogP contribution in [0.25, 0.3) is 0 Å². The first-order chi connectivity index (χ1) is 18.9. The molecule has 40 heavy (non-hydrogen) atoms. The van der Waals surface area contributed by atoms with E-state index in [0.717, 1.165) is 5.69 Å². The monoisotopic (exact) mass is 566 g/mol. The van der Waals surface area contributed by atoms with Crippen molar-refractivity contribution >= 4 is 33.5 Å². The van der Waals surface area contributed by atoms with Crippen molar-refractivity contribution in [2.75, 3.05) is 42.5 Å². The Labute approximate surface area is 234 Å². The van der Waals surface area contributed by atoms with E-state index in [-0.39, 0.29) is 4.90 Å². The second-order valence-electron chi connectivity index (χ2n) is 10.6. The normalized spacial score (nSPS) is 15.8. The van der Waals surface area contributed by atoms with Crippen molar-refractivity contribution < 1.29 is 23.1 Å². The van der Waals surface area contributed by atoms with Gasteiger partial charge in [0, 0.05) is 56.4 Å². The number of aliphatic carboxylic acids is 1. The molecule has 11 nitrogen and oxygen atoms in total. The van der Waals surface area contributed by atoms with Gasteiger partial charge in [-0.3, -0.25) is 9.59 Å². The van der Waals surface area contributed by atoms with Gasteiger partial charge in [0.05, 0.1) is 4.90 Å². The maximum atomic E-state index is 13.2. The Morgan fingerprint density at radius 3 is 2.12 bits per heavy atom. The van der Waals surface area contributed by atoms with Crippen molar-refractivity contribution in [3.8, 4) is 0 Å². The van der Waals surface area contributed by atoms with Crippen molar-refractivity contribution in [1.82, 2.24) is 20.0 Å². The second kappa shape index (κ2) is 11.6. The second-order valence-corrected chi connectivity index (χ2v) is 12.3. The third-order valence-electron chi connectivity index (χ3n) is 7.11. The summed E-state index contributed by atoms with van der Waals surface area (Å²) in [5.74, 6) is -1.22. The molecule has 1 aliphatic heterocycles. The van der Waals surface area contributed by atoms with Gasteiger partial charge in [-0.05, 0) is 41.8 Å². The number of hydrogen-bond donors (Lipinski definition) is 3. The van der Waals surface area contributed by atoms with E-state index in [1.165, 1.54) is 12.1 Å². The molecule has 1 saturated heterocycles. The van der Waals surface area contributed by atoms with Gasteiger partial charge in [0.25, 0.3) is 5.91 Å². The first-order valence-electron chi connectivity index (χ1n) is 12.9. The fourth-order valence-electron chi connectivity index (χ4n) is 4.56. The zero-order valence-corrected chi connectivity index (χ0v) is 23.6. The van der Waals surface area contributed by atoms with Crippen molar-refractivity contribution in [3.05, 3.63) is 78.6 Å². The van der Waals surface area contributed by atoms with E-state index < -0.39 is 39.4 Å². The summed E-state index contributed by atoms with van der Waals surface area (Å²) in [6, 6.07) is 16.4. The highest BCUT2D eigenvalue weighted by atomic mass is 32.2. The molecule has 0 saturated carbocycles. The third-order valence-corrected chi connectivity index (χ3v) is 8.62. The first kappa shape index (κ1) is 29.0. The topological polar surface area (TPSA) is 145 Å². The van der Waals surface area contributed by atoms with Crippen molar-refractivity contribution in [3.63, 3.8) is 0 Å². The van der Waals surface area contributed by atoms with E-state index in [1.807, 2.05) is 6.07 Å². The number of carbonyl (C=O) groups excluding carboxylic acids is 1. The standard InChI is InChI=1S/C28H34N6O5S/c1-27(2,3)28(25(36)37,32-40(38,39)23-11-5-4-6-12-23)20-31-24(35)21-9-7-10-22(19-21)33-15-17-34(18-16-33)26-29-13-8-14-30-26/h4-14,19,32H,15-18,20H2,1-3H3,(H,31,35)(H,36,37)/t28-/m0/s1. The number of hydrogen-bond acceptors (Lipinski definition) is 8. The summed E-state index contributed by atoms with van der Waals surface area (Å²) in [5.41, 5.74) is -1.93. The van der Waals surface area contributed by atoms with Crippen LogP contribution >= 0.6 is 0 Å². The molecule has 0 bridgehead atoms. The van der Waals surface area contributed by atoms with Crippen LogP contribution in [-0.4, -0.2) is 73.6 Å². The molecule has 3 aromatic rings. The number of nitrogens with one attached hydrogen (secondary N) is 2. The van der Waals surface area contributed by atoms with Gasteiger partial charge < -0.3 is 20.2 Å². The quantitative estimate of drug-likeness (QED) is 0.355. The molecule has 1 amide bonds. The van der Waals surface area contributed by atoms with Gasteiger partial charge in [-0.15, -0.1) is 0 Å². The molecule has 0 radical (unpaired) electrons. The van der Waals surface area contributed by atoms with Crippen LogP contribution in [0.4, 0.5) is 11.6 Å². The van der Waals surface area contributed by atoms with Gasteiger partial charge in [0.2, 0.25) is 16.0 Å². The molecule has 4 rings (SSSR count). The van der Waals surface area contributed by atoms with Crippen molar-refractivity contribution in [2.24, 2.45) is 5.41 Å². The molecule has 0 unspecified atom stereocenters. The zero-order valence-electron chi connectivity index (χ0n) is 22.7. The molecule has 0 aliphatic carbocycles. The summed E-state index contributed by atoms with van der Waals surface area (Å²) in [4.78, 5) is 38.6. The maximum Gasteiger partial charge on any atom is 0.327 e. The molecule has 1 aromatic heterocycles. The number of anilines is 2. The summed E-state index contributed by atoms with van der Waals surface area (Å²) in [7, 11) is -4.21. The largest absolute Gasteiger partial charge is 0.480 e. The lowest BCUT2D eigenvalue weighted by atomic mass is 9.74. The molecular formula is C28H34N6O5S. The number of amides is 1. The summed E-state index contributed by atoms with van der Waals surface area (Å²) < 4.78 is 28.7. The Hall–Kier alpha value is -4.03. The number of piperazine rings is 1. The number of aromatic nitrogens is 2. The van der Waals surface area contributed by atoms with E-state index in [0.29, 0.717) is 37.7 Å². The summed E-state index contributed by atoms with van der Waals surface area (Å²) in [6.07, 6.45) is 3.42. The van der Waals surface area contributed by atoms with Crippen LogP contribution in [0.3, 0.4) is 0 Å². The van der Waals surface area contributed by atoms with Crippen LogP contribution in [-0.2, 0) is 14.8 Å². The minimum absolute atomic E-state index is 0.0668. The first-order valence-corrected chi connectivity index (χ1v) is 14.4. The van der Waals surface area contributed by atoms with Gasteiger partial charge in [-0.2, -0.15) is 4.72 Å². The molecule has 2 heterocycles. The minimum atomic E-state index is -4.21. The molecular weight excluding hydrogens is 532 g/mol. The summed E-state index contributed by atoms with van der Waals surface area (Å²) >= 11 is 0. The summed E-state index contributed by atoms with van der Waals surface area (Å²) in [5, 5.41) is 12.9. The number of nitrogens with zero attached hydrogens (tertiary/aromatic N) is 4. The zero-order chi connectivity index (χ0) is 29.0. The molecule has 212 valence electrons. The number of carboxylic acid groups (broad SMARTS) is 1. The fraction of sp³-hybridized carbons (Fsp3) is 0.357. The SMILES string of the molecule is CC(C)(C)[C@@](CNC(=O)c1cccc(N2CCN(c3ncccn3)CC2)c1)(NS(=O)(=O)c1ccccc1)C(=O)O. The molecule has 2 aromatic carbocycles. The molecule has 1 aliphatic rings. The number of rotatable bonds is 9. The van der Waals surface area contributed by atoms with Gasteiger partial charge >= 0.3 is 5.97 Å². The van der Waals surface area contributed by atoms with E-state index in [2.05, 4.69) is 29.8 Å². The number of benzene rings is 2. The van der Waals surface area contributed by atoms with Crippen LogP contribution in [0.15, 0.2) is 78.0 Å². The highest BCUT2D eigenvalue weighted by Gasteiger charge is 2.52. The van der Waals surface area contributed by atoms with Crippen LogP contribution < -0.4 is 19.8 Å². The number of carboxylic acids is 1. The molecule has 1 atom stereocenters. The van der Waals surface area contributed by atoms with Crippen molar-refractivity contribution in [2.45, 2.75) is 31.2 Å². The van der Waals surface area contributed by atoms with Crippen LogP contribution in [0.1, 0.15) is 31.1 Å². The molecule has 12 heteroatoms. The molecule has 3 N–H and O–H groups in total. The van der Waals surface area contributed by atoms with E-state index >= 15 is 0 Å². The van der Waals surface area contributed by atoms with Crippen LogP contribution in [0.5, 0.6) is 0 Å². The molecule has 0 spiro atoms. The lowest BCUT2D eigenvalue weighted by Crippen LogP contribution is -2.67. The lowest BCUT2D eigenvalue weighted by molar-refractivity contribution is -0.148. The average Bonchev–Trinajstić information content (AvgIpc) is 2.95. The Morgan fingerprint density at radius 2 is 1.52 bits per heavy atom. The van der Waals surface area contributed by atoms with Gasteiger partial charge in [0.15, 0.2) is 5.54 Å². The Balaban J connectivity index is 1.49. The maximum absolute atomic E-state index is 13.2. The van der Waals surface area contributed by atoms with Gasteiger partial charge in [0.1, 0.15) is 0 Å². The van der Waals surface area contributed by atoms with Crippen LogP contribution in [0, 0.1) is 5.41 Å². The Bertz CT molecular complexity index is 1440. The van der Waals surface area contributed by atoms with E-state index in [4.69, 9.17) is 0 Å². The summed E-state index contributed by atoms with van der Waals surface area (Å²) in [6.45, 7) is 7.22. The number of sulfonamides is 1. The minimum Gasteiger partial charge on any atom is -0.480 e. The van der Waals surface area contributed by atoms with Gasteiger partial charge in [-0.25, -0.2) is 18.4 Å². The Kier molecular flexibility index (Phi) is 8.40. The molecule has 1 fully saturated rings. The van der Waals surface area contributed by atoms with E-state index in [9.17, 15) is 23.1 Å². The highest BCUT2D eigenvalue weighted by molar-refractivity contribution is 7.89. The van der Waals surface area contributed by atoms with Crippen molar-refractivity contribution in [1.29, 1.82) is 0 Å². The predicted octanol–water partition coefficient (Wildman–Crippen LogP) is 2.38.